The Hall–Kier alpha value is -2.62. The summed E-state index contributed by atoms with van der Waals surface area (Å²) in [5.74, 6) is -0.247. The Balaban J connectivity index is 1.84. The van der Waals surface area contributed by atoms with Crippen LogP contribution in [0.15, 0.2) is 42.5 Å². The highest BCUT2D eigenvalue weighted by Crippen LogP contribution is 2.31. The largest absolute Gasteiger partial charge is 0.312 e. The van der Waals surface area contributed by atoms with Gasteiger partial charge in [-0.3, -0.25) is 9.59 Å². The van der Waals surface area contributed by atoms with Gasteiger partial charge in [0.2, 0.25) is 11.8 Å². The Labute approximate surface area is 155 Å². The third-order valence-electron chi connectivity index (χ3n) is 5.12. The lowest BCUT2D eigenvalue weighted by atomic mass is 10.1. The first-order chi connectivity index (χ1) is 12.4. The van der Waals surface area contributed by atoms with Gasteiger partial charge in [-0.25, -0.2) is 0 Å². The number of amides is 2. The molecule has 1 unspecified atom stereocenters. The molecule has 1 aliphatic rings. The van der Waals surface area contributed by atoms with Crippen molar-refractivity contribution in [3.05, 3.63) is 59.2 Å². The van der Waals surface area contributed by atoms with Gasteiger partial charge >= 0.3 is 0 Å². The van der Waals surface area contributed by atoms with Gasteiger partial charge in [0, 0.05) is 30.9 Å². The fourth-order valence-electron chi connectivity index (χ4n) is 3.65. The molecule has 0 saturated carbocycles. The summed E-state index contributed by atoms with van der Waals surface area (Å²) in [4.78, 5) is 29.4. The van der Waals surface area contributed by atoms with Gasteiger partial charge < -0.3 is 9.80 Å². The third kappa shape index (κ3) is 3.36. The number of nitrogens with zero attached hydrogens (tertiary/aromatic N) is 2. The van der Waals surface area contributed by atoms with Crippen LogP contribution in [0.5, 0.6) is 0 Å². The molecule has 0 spiro atoms. The van der Waals surface area contributed by atoms with E-state index in [1.54, 1.807) is 9.80 Å². The van der Waals surface area contributed by atoms with Crippen LogP contribution in [0.25, 0.3) is 0 Å². The second-order valence-corrected chi connectivity index (χ2v) is 7.06. The van der Waals surface area contributed by atoms with Crippen molar-refractivity contribution in [3.63, 3.8) is 0 Å². The number of para-hydroxylation sites is 1. The topological polar surface area (TPSA) is 40.6 Å². The van der Waals surface area contributed by atoms with E-state index in [1.807, 2.05) is 70.2 Å². The SMILES string of the molecule is CCN(C(=O)C1CC(=O)N(c2cc(C)ccc2C)C1)c1ccccc1C. The summed E-state index contributed by atoms with van der Waals surface area (Å²) in [5, 5.41) is 0. The first-order valence-corrected chi connectivity index (χ1v) is 9.17. The van der Waals surface area contributed by atoms with E-state index in [4.69, 9.17) is 0 Å². The van der Waals surface area contributed by atoms with Gasteiger partial charge in [-0.1, -0.05) is 30.3 Å². The number of benzene rings is 2. The van der Waals surface area contributed by atoms with Crippen molar-refractivity contribution in [2.24, 2.45) is 5.92 Å². The fourth-order valence-corrected chi connectivity index (χ4v) is 3.65. The van der Waals surface area contributed by atoms with Crippen molar-refractivity contribution >= 4 is 23.2 Å². The van der Waals surface area contributed by atoms with E-state index in [1.165, 1.54) is 0 Å². The van der Waals surface area contributed by atoms with E-state index < -0.39 is 0 Å². The summed E-state index contributed by atoms with van der Waals surface area (Å²) < 4.78 is 0. The van der Waals surface area contributed by atoms with Gasteiger partial charge in [0.05, 0.1) is 5.92 Å². The van der Waals surface area contributed by atoms with E-state index in [0.29, 0.717) is 13.1 Å². The lowest BCUT2D eigenvalue weighted by Gasteiger charge is -2.26. The molecule has 0 aliphatic carbocycles. The molecule has 0 aromatic heterocycles. The predicted octanol–water partition coefficient (Wildman–Crippen LogP) is 4.02. The third-order valence-corrected chi connectivity index (χ3v) is 5.12. The van der Waals surface area contributed by atoms with Gasteiger partial charge in [0.15, 0.2) is 0 Å². The lowest BCUT2D eigenvalue weighted by molar-refractivity contribution is -0.124. The molecule has 1 heterocycles. The van der Waals surface area contributed by atoms with E-state index in [-0.39, 0.29) is 24.2 Å². The normalized spacial score (nSPS) is 16.8. The van der Waals surface area contributed by atoms with Crippen LogP contribution in [-0.4, -0.2) is 24.9 Å². The average molecular weight is 350 g/mol. The Morgan fingerprint density at radius 2 is 1.85 bits per heavy atom. The minimum absolute atomic E-state index is 0.0258. The van der Waals surface area contributed by atoms with Crippen LogP contribution in [0.2, 0.25) is 0 Å². The van der Waals surface area contributed by atoms with E-state index in [2.05, 4.69) is 0 Å². The minimum Gasteiger partial charge on any atom is -0.312 e. The molecule has 0 radical (unpaired) electrons. The summed E-state index contributed by atoms with van der Waals surface area (Å²) in [6.45, 7) is 9.05. The molecule has 26 heavy (non-hydrogen) atoms. The highest BCUT2D eigenvalue weighted by Gasteiger charge is 2.38. The molecule has 136 valence electrons. The fraction of sp³-hybridized carbons (Fsp3) is 0.364. The summed E-state index contributed by atoms with van der Waals surface area (Å²) >= 11 is 0. The highest BCUT2D eigenvalue weighted by atomic mass is 16.2. The maximum Gasteiger partial charge on any atom is 0.232 e. The van der Waals surface area contributed by atoms with Gasteiger partial charge in [-0.2, -0.15) is 0 Å². The molecule has 4 heteroatoms. The zero-order valence-electron chi connectivity index (χ0n) is 16.0. The number of hydrogen-bond donors (Lipinski definition) is 0. The zero-order valence-corrected chi connectivity index (χ0v) is 16.0. The first kappa shape index (κ1) is 18.2. The first-order valence-electron chi connectivity index (χ1n) is 9.17. The monoisotopic (exact) mass is 350 g/mol. The van der Waals surface area contributed by atoms with Crippen LogP contribution in [0.3, 0.4) is 0 Å². The molecule has 3 rings (SSSR count). The van der Waals surface area contributed by atoms with Crippen LogP contribution >= 0.6 is 0 Å². The molecular formula is C22H26N2O2. The zero-order chi connectivity index (χ0) is 18.8. The molecule has 2 amide bonds. The summed E-state index contributed by atoms with van der Waals surface area (Å²) in [7, 11) is 0. The van der Waals surface area contributed by atoms with Gasteiger partial charge in [-0.15, -0.1) is 0 Å². The summed E-state index contributed by atoms with van der Waals surface area (Å²) in [5.41, 5.74) is 5.09. The molecule has 1 aliphatic heterocycles. The molecule has 2 aromatic carbocycles. The van der Waals surface area contributed by atoms with Crippen LogP contribution in [-0.2, 0) is 9.59 Å². The second-order valence-electron chi connectivity index (χ2n) is 7.06. The lowest BCUT2D eigenvalue weighted by Crippen LogP contribution is -2.38. The molecule has 1 saturated heterocycles. The van der Waals surface area contributed by atoms with Crippen molar-refractivity contribution < 1.29 is 9.59 Å². The van der Waals surface area contributed by atoms with Gasteiger partial charge in [0.25, 0.3) is 0 Å². The Morgan fingerprint density at radius 3 is 2.54 bits per heavy atom. The number of aryl methyl sites for hydroxylation is 3. The molecule has 1 fully saturated rings. The van der Waals surface area contributed by atoms with E-state index in [0.717, 1.165) is 28.1 Å². The predicted molar refractivity (Wildman–Crippen MR) is 106 cm³/mol. The maximum absolute atomic E-state index is 13.2. The minimum atomic E-state index is -0.304. The number of rotatable bonds is 4. The van der Waals surface area contributed by atoms with E-state index >= 15 is 0 Å². The average Bonchev–Trinajstić information content (AvgIpc) is 3.01. The number of anilines is 2. The maximum atomic E-state index is 13.2. The van der Waals surface area contributed by atoms with Gasteiger partial charge in [-0.05, 0) is 56.5 Å². The molecule has 0 bridgehead atoms. The van der Waals surface area contributed by atoms with E-state index in [9.17, 15) is 9.59 Å². The number of carbonyl (C=O) groups excluding carboxylic acids is 2. The van der Waals surface area contributed by atoms with Crippen LogP contribution < -0.4 is 9.80 Å². The second kappa shape index (κ2) is 7.32. The molecule has 4 nitrogen and oxygen atoms in total. The summed E-state index contributed by atoms with van der Waals surface area (Å²) in [6, 6.07) is 14.0. The van der Waals surface area contributed by atoms with Crippen LogP contribution in [0, 0.1) is 26.7 Å². The van der Waals surface area contributed by atoms with Crippen molar-refractivity contribution in [1.29, 1.82) is 0 Å². The Morgan fingerprint density at radius 1 is 1.12 bits per heavy atom. The Kier molecular flexibility index (Phi) is 5.12. The highest BCUT2D eigenvalue weighted by molar-refractivity contribution is 6.05. The number of carbonyl (C=O) groups is 2. The quantitative estimate of drug-likeness (QED) is 0.836. The number of hydrogen-bond acceptors (Lipinski definition) is 2. The van der Waals surface area contributed by atoms with Gasteiger partial charge in [0.1, 0.15) is 0 Å². The van der Waals surface area contributed by atoms with Crippen LogP contribution in [0.1, 0.15) is 30.0 Å². The van der Waals surface area contributed by atoms with Crippen LogP contribution in [0.4, 0.5) is 11.4 Å². The molecular weight excluding hydrogens is 324 g/mol. The Bertz CT molecular complexity index is 844. The molecule has 0 N–H and O–H groups in total. The van der Waals surface area contributed by atoms with Crippen molar-refractivity contribution in [1.82, 2.24) is 0 Å². The van der Waals surface area contributed by atoms with Crippen molar-refractivity contribution in [2.75, 3.05) is 22.9 Å². The van der Waals surface area contributed by atoms with Crippen molar-refractivity contribution in [2.45, 2.75) is 34.1 Å². The smallest absolute Gasteiger partial charge is 0.232 e. The molecule has 2 aromatic rings. The van der Waals surface area contributed by atoms with Crippen molar-refractivity contribution in [3.8, 4) is 0 Å². The molecule has 1 atom stereocenters. The summed E-state index contributed by atoms with van der Waals surface area (Å²) in [6.07, 6.45) is 0.272. The standard InChI is InChI=1S/C22H26N2O2/c1-5-23(19-9-7-6-8-16(19)3)22(26)18-13-21(25)24(14-18)20-12-15(2)10-11-17(20)4/h6-12,18H,5,13-14H2,1-4H3.